The quantitative estimate of drug-likeness (QED) is 0.632. The highest BCUT2D eigenvalue weighted by Gasteiger charge is 2.49. The molecule has 0 N–H and O–H groups in total. The van der Waals surface area contributed by atoms with Crippen LogP contribution in [-0.4, -0.2) is 5.91 Å². The van der Waals surface area contributed by atoms with E-state index in [4.69, 9.17) is 0 Å². The van der Waals surface area contributed by atoms with E-state index in [-0.39, 0.29) is 17.9 Å². The van der Waals surface area contributed by atoms with Gasteiger partial charge in [-0.1, -0.05) is 78.4 Å². The molecular formula is C22H19NO. The lowest BCUT2D eigenvalue weighted by atomic mass is 9.77. The Morgan fingerprint density at radius 1 is 0.708 bits per heavy atom. The summed E-state index contributed by atoms with van der Waals surface area (Å²) in [7, 11) is 0. The van der Waals surface area contributed by atoms with Gasteiger partial charge in [0.25, 0.3) is 0 Å². The van der Waals surface area contributed by atoms with E-state index in [0.717, 1.165) is 11.3 Å². The Bertz CT molecular complexity index is 840. The maximum Gasteiger partial charge on any atom is 0.237 e. The number of hydrogen-bond donors (Lipinski definition) is 0. The van der Waals surface area contributed by atoms with Crippen molar-refractivity contribution in [2.75, 3.05) is 4.90 Å². The monoisotopic (exact) mass is 313 g/mol. The molecule has 0 saturated carbocycles. The van der Waals surface area contributed by atoms with Gasteiger partial charge in [0, 0.05) is 5.69 Å². The van der Waals surface area contributed by atoms with Gasteiger partial charge in [-0.3, -0.25) is 4.79 Å². The summed E-state index contributed by atoms with van der Waals surface area (Å²) in [6, 6.07) is 28.6. The fourth-order valence-corrected chi connectivity index (χ4v) is 3.46. The number of carbonyl (C=O) groups is 1. The Balaban J connectivity index is 1.77. The van der Waals surface area contributed by atoms with Gasteiger partial charge in [0.2, 0.25) is 5.91 Å². The van der Waals surface area contributed by atoms with E-state index in [9.17, 15) is 4.79 Å². The lowest BCUT2D eigenvalue weighted by Crippen LogP contribution is -2.53. The highest BCUT2D eigenvalue weighted by atomic mass is 16.2. The molecule has 2 nitrogen and oxygen atoms in total. The fraction of sp³-hybridized carbons (Fsp3) is 0.136. The zero-order valence-electron chi connectivity index (χ0n) is 13.6. The Hall–Kier alpha value is -2.87. The number of rotatable bonds is 3. The van der Waals surface area contributed by atoms with Gasteiger partial charge in [0.15, 0.2) is 0 Å². The molecule has 4 rings (SSSR count). The van der Waals surface area contributed by atoms with Crippen LogP contribution >= 0.6 is 0 Å². The SMILES string of the molecule is Cc1ccc(N2C(=O)[C@@H](c3ccccc3)[C@H]2c2ccccc2)cc1. The van der Waals surface area contributed by atoms with Gasteiger partial charge in [0.05, 0.1) is 12.0 Å². The van der Waals surface area contributed by atoms with Crippen LogP contribution in [0.4, 0.5) is 5.69 Å². The molecule has 0 aromatic heterocycles. The van der Waals surface area contributed by atoms with Crippen molar-refractivity contribution < 1.29 is 4.79 Å². The van der Waals surface area contributed by atoms with E-state index in [2.05, 4.69) is 31.2 Å². The number of benzene rings is 3. The molecule has 1 heterocycles. The number of aryl methyl sites for hydroxylation is 1. The molecule has 1 amide bonds. The molecule has 2 heteroatoms. The smallest absolute Gasteiger partial charge is 0.237 e. The molecule has 1 fully saturated rings. The maximum atomic E-state index is 13.0. The van der Waals surface area contributed by atoms with Crippen LogP contribution in [0.15, 0.2) is 84.9 Å². The number of carbonyl (C=O) groups excluding carboxylic acids is 1. The number of hydrogen-bond acceptors (Lipinski definition) is 1. The predicted octanol–water partition coefficient (Wildman–Crippen LogP) is 4.87. The van der Waals surface area contributed by atoms with Crippen molar-refractivity contribution in [3.63, 3.8) is 0 Å². The summed E-state index contributed by atoms with van der Waals surface area (Å²) in [5, 5.41) is 0. The zero-order chi connectivity index (χ0) is 16.5. The topological polar surface area (TPSA) is 20.3 Å². The van der Waals surface area contributed by atoms with E-state index < -0.39 is 0 Å². The second kappa shape index (κ2) is 5.97. The lowest BCUT2D eigenvalue weighted by Gasteiger charge is -2.47. The van der Waals surface area contributed by atoms with Crippen molar-refractivity contribution in [3.8, 4) is 0 Å². The number of nitrogens with zero attached hydrogens (tertiary/aromatic N) is 1. The molecule has 0 bridgehead atoms. The third-order valence-electron chi connectivity index (χ3n) is 4.71. The second-order valence-electron chi connectivity index (χ2n) is 6.29. The van der Waals surface area contributed by atoms with Gasteiger partial charge >= 0.3 is 0 Å². The second-order valence-corrected chi connectivity index (χ2v) is 6.29. The Morgan fingerprint density at radius 3 is 1.83 bits per heavy atom. The third-order valence-corrected chi connectivity index (χ3v) is 4.71. The fourth-order valence-electron chi connectivity index (χ4n) is 3.46. The molecule has 24 heavy (non-hydrogen) atoms. The van der Waals surface area contributed by atoms with E-state index in [0.29, 0.717) is 0 Å². The van der Waals surface area contributed by atoms with Crippen LogP contribution in [0.25, 0.3) is 0 Å². The lowest BCUT2D eigenvalue weighted by molar-refractivity contribution is -0.126. The number of β-lactam (4-membered cyclic amide) rings is 1. The first-order chi connectivity index (χ1) is 11.8. The van der Waals surface area contributed by atoms with Crippen LogP contribution in [0, 0.1) is 6.92 Å². The van der Waals surface area contributed by atoms with Crippen molar-refractivity contribution in [3.05, 3.63) is 102 Å². The zero-order valence-corrected chi connectivity index (χ0v) is 13.6. The van der Waals surface area contributed by atoms with Crippen LogP contribution in [-0.2, 0) is 4.79 Å². The largest absolute Gasteiger partial charge is 0.303 e. The highest BCUT2D eigenvalue weighted by Crippen LogP contribution is 2.48. The molecule has 0 aliphatic carbocycles. The first kappa shape index (κ1) is 14.7. The van der Waals surface area contributed by atoms with Crippen molar-refractivity contribution in [2.24, 2.45) is 0 Å². The van der Waals surface area contributed by atoms with Crippen molar-refractivity contribution in [1.82, 2.24) is 0 Å². The summed E-state index contributed by atoms with van der Waals surface area (Å²) in [5.41, 5.74) is 4.42. The van der Waals surface area contributed by atoms with Gasteiger partial charge in [-0.15, -0.1) is 0 Å². The summed E-state index contributed by atoms with van der Waals surface area (Å²) in [6.07, 6.45) is 0. The van der Waals surface area contributed by atoms with E-state index in [1.54, 1.807) is 0 Å². The minimum atomic E-state index is -0.116. The molecule has 1 aliphatic heterocycles. The van der Waals surface area contributed by atoms with Crippen LogP contribution in [0.3, 0.4) is 0 Å². The van der Waals surface area contributed by atoms with Crippen LogP contribution in [0.2, 0.25) is 0 Å². The van der Waals surface area contributed by atoms with Gasteiger partial charge in [-0.25, -0.2) is 0 Å². The van der Waals surface area contributed by atoms with Crippen LogP contribution < -0.4 is 4.90 Å². The Kier molecular flexibility index (Phi) is 3.66. The average molecular weight is 313 g/mol. The molecule has 3 aromatic rings. The minimum Gasteiger partial charge on any atom is -0.303 e. The standard InChI is InChI=1S/C22H19NO/c1-16-12-14-19(15-13-16)23-21(18-10-6-3-7-11-18)20(22(23)24)17-8-4-2-5-9-17/h2-15,20-21H,1H3/t20-,21+/m0/s1. The average Bonchev–Trinajstić information content (AvgIpc) is 2.63. The number of anilines is 1. The van der Waals surface area contributed by atoms with Gasteiger partial charge in [0.1, 0.15) is 0 Å². The van der Waals surface area contributed by atoms with E-state index >= 15 is 0 Å². The van der Waals surface area contributed by atoms with Gasteiger partial charge in [-0.2, -0.15) is 0 Å². The minimum absolute atomic E-state index is 0.0452. The van der Waals surface area contributed by atoms with Crippen molar-refractivity contribution in [2.45, 2.75) is 18.9 Å². The van der Waals surface area contributed by atoms with E-state index in [1.807, 2.05) is 65.6 Å². The third kappa shape index (κ3) is 2.41. The summed E-state index contributed by atoms with van der Waals surface area (Å²) in [6.45, 7) is 2.06. The molecule has 0 unspecified atom stereocenters. The van der Waals surface area contributed by atoms with Crippen LogP contribution in [0.5, 0.6) is 0 Å². The van der Waals surface area contributed by atoms with Gasteiger partial charge < -0.3 is 4.90 Å². The Labute approximate surface area is 142 Å². The van der Waals surface area contributed by atoms with Crippen LogP contribution in [0.1, 0.15) is 28.7 Å². The number of amides is 1. The molecule has 2 atom stereocenters. The van der Waals surface area contributed by atoms with Crippen molar-refractivity contribution in [1.29, 1.82) is 0 Å². The molecule has 1 saturated heterocycles. The summed E-state index contributed by atoms with van der Waals surface area (Å²) in [5.74, 6) is 0.0498. The predicted molar refractivity (Wildman–Crippen MR) is 97.0 cm³/mol. The molecule has 3 aromatic carbocycles. The normalized spacial score (nSPS) is 19.9. The van der Waals surface area contributed by atoms with E-state index in [1.165, 1.54) is 11.1 Å². The summed E-state index contributed by atoms with van der Waals surface area (Å²) >= 11 is 0. The maximum absolute atomic E-state index is 13.0. The molecule has 0 spiro atoms. The summed E-state index contributed by atoms with van der Waals surface area (Å²) in [4.78, 5) is 14.9. The molecule has 1 aliphatic rings. The molecule has 0 radical (unpaired) electrons. The first-order valence-electron chi connectivity index (χ1n) is 8.25. The van der Waals surface area contributed by atoms with Crippen molar-refractivity contribution >= 4 is 11.6 Å². The Morgan fingerprint density at radius 2 is 1.25 bits per heavy atom. The van der Waals surface area contributed by atoms with Gasteiger partial charge in [-0.05, 0) is 30.2 Å². The highest BCUT2D eigenvalue weighted by molar-refractivity contribution is 6.06. The first-order valence-corrected chi connectivity index (χ1v) is 8.25. The molecular weight excluding hydrogens is 294 g/mol. The molecule has 118 valence electrons. The summed E-state index contributed by atoms with van der Waals surface area (Å²) < 4.78 is 0.